The van der Waals surface area contributed by atoms with Crippen LogP contribution in [0, 0.1) is 5.82 Å². The van der Waals surface area contributed by atoms with Crippen LogP contribution in [0.25, 0.3) is 5.76 Å². The van der Waals surface area contributed by atoms with E-state index in [1.165, 1.54) is 29.3 Å². The van der Waals surface area contributed by atoms with E-state index in [1.807, 2.05) is 0 Å². The Kier molecular flexibility index (Phi) is 4.45. The molecule has 4 rings (SSSR count). The molecule has 2 aromatic carbocycles. The van der Waals surface area contributed by atoms with E-state index in [0.717, 1.165) is 0 Å². The molecule has 3 aromatic rings. The fraction of sp³-hybridized carbons (Fsp3) is 0.0455. The van der Waals surface area contributed by atoms with E-state index in [9.17, 15) is 19.1 Å². The smallest absolute Gasteiger partial charge is 0.300 e. The topological polar surface area (TPSA) is 70.5 Å². The highest BCUT2D eigenvalue weighted by molar-refractivity contribution is 6.51. The summed E-state index contributed by atoms with van der Waals surface area (Å²) in [6.45, 7) is 0. The molecule has 1 atom stereocenters. The Morgan fingerprint density at radius 3 is 2.46 bits per heavy atom. The molecule has 6 heteroatoms. The summed E-state index contributed by atoms with van der Waals surface area (Å²) in [5, 5.41) is 10.8. The third-order valence-corrected chi connectivity index (χ3v) is 4.58. The third-order valence-electron chi connectivity index (χ3n) is 4.58. The number of rotatable bonds is 3. The normalized spacial score (nSPS) is 18.5. The van der Waals surface area contributed by atoms with Gasteiger partial charge in [0.15, 0.2) is 0 Å². The molecule has 0 saturated carbocycles. The van der Waals surface area contributed by atoms with Crippen LogP contribution >= 0.6 is 0 Å². The number of Topliss-reactive ketones (excluding diaryl/α,β-unsaturated/α-hetero) is 1. The third kappa shape index (κ3) is 2.95. The number of aromatic nitrogens is 1. The number of benzene rings is 2. The number of hydrogen-bond donors (Lipinski definition) is 1. The quantitative estimate of drug-likeness (QED) is 0.430. The van der Waals surface area contributed by atoms with Gasteiger partial charge in [0.2, 0.25) is 0 Å². The number of hydrogen-bond acceptors (Lipinski definition) is 4. The average Bonchev–Trinajstić information content (AvgIpc) is 3.00. The molecule has 1 aliphatic heterocycles. The van der Waals surface area contributed by atoms with Gasteiger partial charge < -0.3 is 5.11 Å². The second-order valence-electron chi connectivity index (χ2n) is 6.30. The molecule has 1 saturated heterocycles. The first-order valence-electron chi connectivity index (χ1n) is 8.60. The Balaban J connectivity index is 1.96. The summed E-state index contributed by atoms with van der Waals surface area (Å²) in [5.74, 6) is -2.45. The SMILES string of the molecule is O=C1C(=O)N(c2cccnc2)C(c2cccc(F)c2)C1=C(O)c1ccccc1. The molecule has 1 fully saturated rings. The van der Waals surface area contributed by atoms with Crippen molar-refractivity contribution in [2.24, 2.45) is 0 Å². The molecule has 5 nitrogen and oxygen atoms in total. The van der Waals surface area contributed by atoms with E-state index in [-0.39, 0.29) is 11.3 Å². The van der Waals surface area contributed by atoms with E-state index in [1.54, 1.807) is 54.7 Å². The molecular formula is C22H15FN2O3. The lowest BCUT2D eigenvalue weighted by atomic mass is 9.95. The van der Waals surface area contributed by atoms with Crippen LogP contribution in [-0.4, -0.2) is 21.8 Å². The van der Waals surface area contributed by atoms with Crippen LogP contribution < -0.4 is 4.90 Å². The monoisotopic (exact) mass is 374 g/mol. The Morgan fingerprint density at radius 1 is 1.00 bits per heavy atom. The Hall–Kier alpha value is -3.80. The lowest BCUT2D eigenvalue weighted by Gasteiger charge is -2.25. The molecule has 1 N–H and O–H groups in total. The molecule has 28 heavy (non-hydrogen) atoms. The first-order chi connectivity index (χ1) is 13.6. The molecule has 1 unspecified atom stereocenters. The summed E-state index contributed by atoms with van der Waals surface area (Å²) in [6.07, 6.45) is 2.99. The van der Waals surface area contributed by atoms with Gasteiger partial charge in [-0.25, -0.2) is 4.39 Å². The fourth-order valence-electron chi connectivity index (χ4n) is 3.34. The minimum Gasteiger partial charge on any atom is -0.507 e. The molecule has 0 aliphatic carbocycles. The maximum Gasteiger partial charge on any atom is 0.300 e. The lowest BCUT2D eigenvalue weighted by molar-refractivity contribution is -0.132. The molecule has 1 aliphatic rings. The second kappa shape index (κ2) is 7.08. The second-order valence-corrected chi connectivity index (χ2v) is 6.30. The zero-order valence-electron chi connectivity index (χ0n) is 14.6. The number of carbonyl (C=O) groups excluding carboxylic acids is 2. The van der Waals surface area contributed by atoms with Gasteiger partial charge in [0.05, 0.1) is 23.5 Å². The molecular weight excluding hydrogens is 359 g/mol. The Bertz CT molecular complexity index is 1080. The summed E-state index contributed by atoms with van der Waals surface area (Å²) in [6, 6.07) is 16.4. The number of carbonyl (C=O) groups is 2. The zero-order chi connectivity index (χ0) is 19.7. The van der Waals surface area contributed by atoms with E-state index >= 15 is 0 Å². The van der Waals surface area contributed by atoms with Gasteiger partial charge in [-0.05, 0) is 29.8 Å². The highest BCUT2D eigenvalue weighted by atomic mass is 19.1. The molecule has 138 valence electrons. The number of nitrogens with zero attached hydrogens (tertiary/aromatic N) is 2. The largest absolute Gasteiger partial charge is 0.507 e. The van der Waals surface area contributed by atoms with Gasteiger partial charge in [-0.15, -0.1) is 0 Å². The molecule has 2 heterocycles. The van der Waals surface area contributed by atoms with Crippen molar-refractivity contribution in [1.82, 2.24) is 4.98 Å². The van der Waals surface area contributed by atoms with E-state index < -0.39 is 23.5 Å². The van der Waals surface area contributed by atoms with Crippen molar-refractivity contribution in [3.63, 3.8) is 0 Å². The minimum atomic E-state index is -0.972. The maximum absolute atomic E-state index is 13.9. The summed E-state index contributed by atoms with van der Waals surface area (Å²) in [4.78, 5) is 30.9. The average molecular weight is 374 g/mol. The summed E-state index contributed by atoms with van der Waals surface area (Å²) in [7, 11) is 0. The van der Waals surface area contributed by atoms with Crippen molar-refractivity contribution in [2.75, 3.05) is 4.90 Å². The van der Waals surface area contributed by atoms with Gasteiger partial charge in [0.1, 0.15) is 11.6 Å². The molecule has 0 radical (unpaired) electrons. The highest BCUT2D eigenvalue weighted by Crippen LogP contribution is 2.41. The summed E-state index contributed by atoms with van der Waals surface area (Å²) in [5.41, 5.74) is 1.06. The summed E-state index contributed by atoms with van der Waals surface area (Å²) < 4.78 is 13.9. The van der Waals surface area contributed by atoms with Gasteiger partial charge in [-0.1, -0.05) is 42.5 Å². The Labute approximate surface area is 160 Å². The van der Waals surface area contributed by atoms with Crippen LogP contribution in [0.3, 0.4) is 0 Å². The predicted molar refractivity (Wildman–Crippen MR) is 102 cm³/mol. The number of aliphatic hydroxyl groups is 1. The van der Waals surface area contributed by atoms with Gasteiger partial charge >= 0.3 is 0 Å². The Morgan fingerprint density at radius 2 is 1.79 bits per heavy atom. The van der Waals surface area contributed by atoms with E-state index in [0.29, 0.717) is 16.8 Å². The zero-order valence-corrected chi connectivity index (χ0v) is 14.6. The number of ketones is 1. The molecule has 0 spiro atoms. The summed E-state index contributed by atoms with van der Waals surface area (Å²) >= 11 is 0. The van der Waals surface area contributed by atoms with Crippen molar-refractivity contribution in [3.05, 3.63) is 102 Å². The first-order valence-corrected chi connectivity index (χ1v) is 8.60. The van der Waals surface area contributed by atoms with Gasteiger partial charge in [0.25, 0.3) is 11.7 Å². The van der Waals surface area contributed by atoms with Crippen LogP contribution in [-0.2, 0) is 9.59 Å². The number of amides is 1. The standard InChI is InChI=1S/C22H15FN2O3/c23-16-9-4-8-15(12-16)19-18(20(26)14-6-2-1-3-7-14)21(27)22(28)25(19)17-10-5-11-24-13-17/h1-13,19,26H. The van der Waals surface area contributed by atoms with Crippen LogP contribution in [0.15, 0.2) is 84.7 Å². The van der Waals surface area contributed by atoms with Gasteiger partial charge in [-0.3, -0.25) is 19.5 Å². The fourth-order valence-corrected chi connectivity index (χ4v) is 3.34. The van der Waals surface area contributed by atoms with Crippen molar-refractivity contribution in [2.45, 2.75) is 6.04 Å². The van der Waals surface area contributed by atoms with Crippen LogP contribution in [0.4, 0.5) is 10.1 Å². The van der Waals surface area contributed by atoms with Crippen LogP contribution in [0.1, 0.15) is 17.2 Å². The molecule has 1 amide bonds. The van der Waals surface area contributed by atoms with Crippen molar-refractivity contribution >= 4 is 23.1 Å². The molecule has 1 aromatic heterocycles. The van der Waals surface area contributed by atoms with Crippen molar-refractivity contribution in [1.29, 1.82) is 0 Å². The van der Waals surface area contributed by atoms with E-state index in [4.69, 9.17) is 0 Å². The van der Waals surface area contributed by atoms with Gasteiger partial charge in [-0.2, -0.15) is 0 Å². The van der Waals surface area contributed by atoms with Gasteiger partial charge in [0, 0.05) is 11.8 Å². The number of aliphatic hydroxyl groups excluding tert-OH is 1. The van der Waals surface area contributed by atoms with Crippen molar-refractivity contribution < 1.29 is 19.1 Å². The van der Waals surface area contributed by atoms with Crippen LogP contribution in [0.2, 0.25) is 0 Å². The number of halogens is 1. The van der Waals surface area contributed by atoms with Crippen LogP contribution in [0.5, 0.6) is 0 Å². The van der Waals surface area contributed by atoms with Crippen molar-refractivity contribution in [3.8, 4) is 0 Å². The van der Waals surface area contributed by atoms with E-state index in [2.05, 4.69) is 4.98 Å². The molecule has 0 bridgehead atoms. The highest BCUT2D eigenvalue weighted by Gasteiger charge is 2.47. The number of anilines is 1. The minimum absolute atomic E-state index is 0.0920. The lowest BCUT2D eigenvalue weighted by Crippen LogP contribution is -2.29. The first kappa shape index (κ1) is 17.6. The predicted octanol–water partition coefficient (Wildman–Crippen LogP) is 3.85. The maximum atomic E-state index is 13.9. The number of pyridine rings is 1.